The summed E-state index contributed by atoms with van der Waals surface area (Å²) in [5, 5.41) is 0. The van der Waals surface area contributed by atoms with Gasteiger partial charge in [0.1, 0.15) is 5.78 Å². The molecule has 0 aromatic heterocycles. The molecule has 0 radical (unpaired) electrons. The van der Waals surface area contributed by atoms with Gasteiger partial charge in [-0.3, -0.25) is 14.4 Å². The van der Waals surface area contributed by atoms with E-state index in [1.807, 2.05) is 13.0 Å². The Morgan fingerprint density at radius 2 is 1.93 bits per heavy atom. The first-order chi connectivity index (χ1) is 14.3. The summed E-state index contributed by atoms with van der Waals surface area (Å²) in [7, 11) is 0. The highest BCUT2D eigenvalue weighted by atomic mass is 16.5. The van der Waals surface area contributed by atoms with Crippen LogP contribution in [0.2, 0.25) is 0 Å². The molecule has 4 aliphatic rings. The minimum Gasteiger partial charge on any atom is -0.466 e. The smallest absolute Gasteiger partial charge is 0.305 e. The van der Waals surface area contributed by atoms with Crippen LogP contribution in [0.25, 0.3) is 0 Å². The second kappa shape index (κ2) is 8.24. The summed E-state index contributed by atoms with van der Waals surface area (Å²) in [5.41, 5.74) is 1.13. The Morgan fingerprint density at radius 3 is 2.70 bits per heavy atom. The van der Waals surface area contributed by atoms with Crippen molar-refractivity contribution in [3.63, 3.8) is 0 Å². The number of Topliss-reactive ketones (excluding diaryl/α,β-unsaturated/α-hetero) is 1. The van der Waals surface area contributed by atoms with Crippen LogP contribution in [-0.4, -0.2) is 24.1 Å². The van der Waals surface area contributed by atoms with Crippen molar-refractivity contribution in [1.29, 1.82) is 0 Å². The normalized spacial score (nSPS) is 40.3. The van der Waals surface area contributed by atoms with Crippen molar-refractivity contribution in [2.24, 2.45) is 34.5 Å². The van der Waals surface area contributed by atoms with Gasteiger partial charge in [-0.05, 0) is 86.5 Å². The van der Waals surface area contributed by atoms with Gasteiger partial charge in [0, 0.05) is 24.7 Å². The highest BCUT2D eigenvalue weighted by molar-refractivity contribution is 5.92. The minimum atomic E-state index is -0.226. The molecule has 3 fully saturated rings. The Balaban J connectivity index is 1.46. The quantitative estimate of drug-likeness (QED) is 0.543. The molecule has 0 amide bonds. The molecule has 0 spiro atoms. The fourth-order valence-corrected chi connectivity index (χ4v) is 7.63. The van der Waals surface area contributed by atoms with Crippen molar-refractivity contribution >= 4 is 17.5 Å². The van der Waals surface area contributed by atoms with Gasteiger partial charge in [0.15, 0.2) is 5.78 Å². The molecular formula is C26H38O4. The minimum absolute atomic E-state index is 0.0366. The molecule has 0 heterocycles. The maximum Gasteiger partial charge on any atom is 0.305 e. The molecule has 4 heteroatoms. The van der Waals surface area contributed by atoms with Crippen molar-refractivity contribution in [2.45, 2.75) is 91.4 Å². The highest BCUT2D eigenvalue weighted by Crippen LogP contribution is 2.65. The molecule has 4 rings (SSSR count). The van der Waals surface area contributed by atoms with Crippen LogP contribution in [-0.2, 0) is 19.1 Å². The van der Waals surface area contributed by atoms with Crippen LogP contribution < -0.4 is 0 Å². The fraction of sp³-hybridized carbons (Fsp3) is 0.808. The van der Waals surface area contributed by atoms with E-state index in [4.69, 9.17) is 4.74 Å². The monoisotopic (exact) mass is 414 g/mol. The van der Waals surface area contributed by atoms with Gasteiger partial charge < -0.3 is 4.74 Å². The molecule has 3 saturated carbocycles. The largest absolute Gasteiger partial charge is 0.466 e. The predicted molar refractivity (Wildman–Crippen MR) is 116 cm³/mol. The number of ether oxygens (including phenoxy) is 1. The molecule has 30 heavy (non-hydrogen) atoms. The van der Waals surface area contributed by atoms with Gasteiger partial charge in [0.2, 0.25) is 0 Å². The van der Waals surface area contributed by atoms with E-state index in [9.17, 15) is 14.4 Å². The van der Waals surface area contributed by atoms with E-state index >= 15 is 0 Å². The van der Waals surface area contributed by atoms with Crippen molar-refractivity contribution in [3.05, 3.63) is 11.6 Å². The van der Waals surface area contributed by atoms with Crippen LogP contribution in [0, 0.1) is 34.5 Å². The fourth-order valence-electron chi connectivity index (χ4n) is 7.63. The summed E-state index contributed by atoms with van der Waals surface area (Å²) in [6.45, 7) is 7.07. The SMILES string of the molecule is CCCOC(=O)CCCC1CCC2C3CCC4=CC(=O)CCC4(C)C3CC(=O)C12C. The lowest BCUT2D eigenvalue weighted by Gasteiger charge is -2.57. The van der Waals surface area contributed by atoms with Gasteiger partial charge in [-0.1, -0.05) is 26.3 Å². The second-order valence-corrected chi connectivity index (χ2v) is 10.8. The third-order valence-corrected chi connectivity index (χ3v) is 9.41. The maximum absolute atomic E-state index is 13.6. The van der Waals surface area contributed by atoms with E-state index in [1.165, 1.54) is 5.57 Å². The Morgan fingerprint density at radius 1 is 1.13 bits per heavy atom. The lowest BCUT2D eigenvalue weighted by atomic mass is 9.46. The molecule has 166 valence electrons. The van der Waals surface area contributed by atoms with E-state index < -0.39 is 0 Å². The number of hydrogen-bond acceptors (Lipinski definition) is 4. The van der Waals surface area contributed by atoms with Crippen molar-refractivity contribution in [1.82, 2.24) is 0 Å². The zero-order valence-electron chi connectivity index (χ0n) is 19.0. The molecule has 0 aromatic rings. The van der Waals surface area contributed by atoms with Crippen LogP contribution in [0.3, 0.4) is 0 Å². The van der Waals surface area contributed by atoms with Gasteiger partial charge in [-0.15, -0.1) is 0 Å². The van der Waals surface area contributed by atoms with Crippen molar-refractivity contribution in [3.8, 4) is 0 Å². The topological polar surface area (TPSA) is 60.4 Å². The molecule has 0 aliphatic heterocycles. The standard InChI is InChI=1S/C26H38O4/c1-4-14-30-24(29)7-5-6-17-9-11-21-20-10-8-18-15-19(27)12-13-25(18,2)22(20)16-23(28)26(17,21)3/h15,17,20-22H,4-14,16H2,1-3H3. The van der Waals surface area contributed by atoms with Gasteiger partial charge in [-0.2, -0.15) is 0 Å². The predicted octanol–water partition coefficient (Wildman–Crippen LogP) is 5.44. The number of esters is 1. The van der Waals surface area contributed by atoms with Gasteiger partial charge in [0.25, 0.3) is 0 Å². The summed E-state index contributed by atoms with van der Waals surface area (Å²) in [6.07, 6.45) is 11.6. The van der Waals surface area contributed by atoms with Crippen molar-refractivity contribution in [2.75, 3.05) is 6.61 Å². The number of fused-ring (bicyclic) bond motifs is 5. The van der Waals surface area contributed by atoms with Crippen LogP contribution in [0.15, 0.2) is 11.6 Å². The molecule has 6 unspecified atom stereocenters. The third kappa shape index (κ3) is 3.48. The van der Waals surface area contributed by atoms with Crippen LogP contribution >= 0.6 is 0 Å². The highest BCUT2D eigenvalue weighted by Gasteiger charge is 2.62. The molecule has 0 N–H and O–H groups in total. The van der Waals surface area contributed by atoms with E-state index in [0.29, 0.717) is 55.3 Å². The summed E-state index contributed by atoms with van der Waals surface area (Å²) < 4.78 is 5.21. The van der Waals surface area contributed by atoms with E-state index in [0.717, 1.165) is 51.4 Å². The molecule has 6 atom stereocenters. The number of carbonyl (C=O) groups excluding carboxylic acids is 3. The lowest BCUT2D eigenvalue weighted by Crippen LogP contribution is -2.54. The van der Waals surface area contributed by atoms with Gasteiger partial charge >= 0.3 is 5.97 Å². The van der Waals surface area contributed by atoms with E-state index in [1.54, 1.807) is 0 Å². The number of carbonyl (C=O) groups is 3. The second-order valence-electron chi connectivity index (χ2n) is 10.8. The molecule has 0 bridgehead atoms. The van der Waals surface area contributed by atoms with E-state index in [2.05, 4.69) is 13.8 Å². The summed E-state index contributed by atoms with van der Waals surface area (Å²) >= 11 is 0. The van der Waals surface area contributed by atoms with Crippen LogP contribution in [0.1, 0.15) is 91.4 Å². The average molecular weight is 415 g/mol. The summed E-state index contributed by atoms with van der Waals surface area (Å²) in [6, 6.07) is 0. The Bertz CT molecular complexity index is 752. The van der Waals surface area contributed by atoms with Gasteiger partial charge in [0.05, 0.1) is 6.61 Å². The third-order valence-electron chi connectivity index (χ3n) is 9.41. The molecular weight excluding hydrogens is 376 g/mol. The average Bonchev–Trinajstić information content (AvgIpc) is 3.06. The molecule has 0 saturated heterocycles. The number of hydrogen-bond donors (Lipinski definition) is 0. The van der Waals surface area contributed by atoms with E-state index in [-0.39, 0.29) is 22.6 Å². The zero-order valence-corrected chi connectivity index (χ0v) is 19.0. The lowest BCUT2D eigenvalue weighted by molar-refractivity contribution is -0.147. The van der Waals surface area contributed by atoms with Gasteiger partial charge in [-0.25, -0.2) is 0 Å². The summed E-state index contributed by atoms with van der Waals surface area (Å²) in [5.74, 6) is 2.49. The number of ketones is 2. The molecule has 4 nitrogen and oxygen atoms in total. The zero-order chi connectivity index (χ0) is 21.5. The Labute approximate surface area is 181 Å². The Hall–Kier alpha value is -1.45. The van der Waals surface area contributed by atoms with Crippen molar-refractivity contribution < 1.29 is 19.1 Å². The molecule has 4 aliphatic carbocycles. The number of allylic oxidation sites excluding steroid dienone is 1. The first-order valence-corrected chi connectivity index (χ1v) is 12.2. The Kier molecular flexibility index (Phi) is 5.98. The number of rotatable bonds is 6. The van der Waals surface area contributed by atoms with Crippen LogP contribution in [0.4, 0.5) is 0 Å². The first-order valence-electron chi connectivity index (χ1n) is 12.2. The van der Waals surface area contributed by atoms with Crippen LogP contribution in [0.5, 0.6) is 0 Å². The maximum atomic E-state index is 13.6. The first kappa shape index (κ1) is 21.8. The summed E-state index contributed by atoms with van der Waals surface area (Å²) in [4.78, 5) is 37.5. The molecule has 0 aromatic carbocycles.